The van der Waals surface area contributed by atoms with Gasteiger partial charge >= 0.3 is 0 Å². The minimum atomic E-state index is -0.204. The summed E-state index contributed by atoms with van der Waals surface area (Å²) in [7, 11) is 0. The number of halogens is 3. The first kappa shape index (κ1) is 21.6. The number of imidazole rings is 1. The van der Waals surface area contributed by atoms with Crippen LogP contribution in [0.2, 0.25) is 10.0 Å². The Labute approximate surface area is 199 Å². The molecule has 0 aliphatic carbocycles. The Morgan fingerprint density at radius 3 is 2.43 bits per heavy atom. The molecule has 30 heavy (non-hydrogen) atoms. The third-order valence-electron chi connectivity index (χ3n) is 5.20. The van der Waals surface area contributed by atoms with Gasteiger partial charge in [0.2, 0.25) is 0 Å². The van der Waals surface area contributed by atoms with Gasteiger partial charge in [0.1, 0.15) is 5.82 Å². The Morgan fingerprint density at radius 1 is 1.07 bits per heavy atom. The highest BCUT2D eigenvalue weighted by Gasteiger charge is 2.24. The summed E-state index contributed by atoms with van der Waals surface area (Å²) in [5.41, 5.74) is 5.80. The summed E-state index contributed by atoms with van der Waals surface area (Å²) >= 11 is 14.9. The van der Waals surface area contributed by atoms with E-state index in [2.05, 4.69) is 28.0 Å². The van der Waals surface area contributed by atoms with E-state index in [1.807, 2.05) is 46.8 Å². The van der Waals surface area contributed by atoms with E-state index < -0.39 is 0 Å². The monoisotopic (exact) mass is 554 g/mol. The predicted molar refractivity (Wildman–Crippen MR) is 129 cm³/mol. The lowest BCUT2D eigenvalue weighted by Gasteiger charge is -2.26. The van der Waals surface area contributed by atoms with Crippen LogP contribution >= 0.6 is 45.8 Å². The van der Waals surface area contributed by atoms with Crippen molar-refractivity contribution < 1.29 is 4.79 Å². The Bertz CT molecular complexity index is 1080. The van der Waals surface area contributed by atoms with Gasteiger partial charge in [-0.25, -0.2) is 9.99 Å². The molecular formula is C22H21Cl2IN4O. The summed E-state index contributed by atoms with van der Waals surface area (Å²) < 4.78 is 3.10. The number of carbonyl (C=O) groups is 1. The molecule has 0 saturated carbocycles. The lowest BCUT2D eigenvalue weighted by molar-refractivity contribution is 0.0744. The van der Waals surface area contributed by atoms with Gasteiger partial charge in [-0.1, -0.05) is 29.6 Å². The predicted octanol–water partition coefficient (Wildman–Crippen LogP) is 5.89. The molecule has 2 heterocycles. The molecule has 1 saturated heterocycles. The van der Waals surface area contributed by atoms with Crippen LogP contribution in [-0.2, 0) is 0 Å². The molecule has 1 N–H and O–H groups in total. The molecule has 0 spiro atoms. The lowest BCUT2D eigenvalue weighted by Crippen LogP contribution is -2.45. The molecule has 2 aromatic carbocycles. The van der Waals surface area contributed by atoms with Crippen LogP contribution in [0, 0.1) is 10.5 Å². The Hall–Kier alpha value is -1.61. The third kappa shape index (κ3) is 4.51. The van der Waals surface area contributed by atoms with Gasteiger partial charge in [-0.05, 0) is 84.8 Å². The summed E-state index contributed by atoms with van der Waals surface area (Å²) in [6.45, 7) is 3.63. The highest BCUT2D eigenvalue weighted by molar-refractivity contribution is 14.1. The molecule has 0 atom stereocenters. The van der Waals surface area contributed by atoms with Crippen molar-refractivity contribution in [2.75, 3.05) is 13.1 Å². The molecule has 0 radical (unpaired) electrons. The highest BCUT2D eigenvalue weighted by Crippen LogP contribution is 2.33. The molecule has 0 bridgehead atoms. The Kier molecular flexibility index (Phi) is 6.67. The van der Waals surface area contributed by atoms with E-state index in [1.165, 1.54) is 6.42 Å². The summed E-state index contributed by atoms with van der Waals surface area (Å²) in [6, 6.07) is 13.4. The van der Waals surface area contributed by atoms with Gasteiger partial charge in [-0.15, -0.1) is 0 Å². The number of hydrogen-bond donors (Lipinski definition) is 1. The van der Waals surface area contributed by atoms with Gasteiger partial charge < -0.3 is 0 Å². The smallest absolute Gasteiger partial charge is 0.286 e. The SMILES string of the molecule is Cc1c(C(=O)NN2CCCCC2)nc(-c2ccc(Cl)cc2Cl)n1-c1ccc(I)cc1. The van der Waals surface area contributed by atoms with Gasteiger partial charge in [0.15, 0.2) is 5.69 Å². The Balaban J connectivity index is 1.80. The average molecular weight is 555 g/mol. The van der Waals surface area contributed by atoms with Crippen molar-refractivity contribution in [2.45, 2.75) is 26.2 Å². The molecule has 1 aliphatic heterocycles. The molecule has 1 aromatic heterocycles. The highest BCUT2D eigenvalue weighted by atomic mass is 127. The van der Waals surface area contributed by atoms with E-state index in [4.69, 9.17) is 28.2 Å². The first-order valence-electron chi connectivity index (χ1n) is 9.80. The number of carbonyl (C=O) groups excluding carboxylic acids is 1. The van der Waals surface area contributed by atoms with Gasteiger partial charge in [0.05, 0.1) is 10.7 Å². The van der Waals surface area contributed by atoms with E-state index in [0.717, 1.165) is 46.4 Å². The van der Waals surface area contributed by atoms with Crippen LogP contribution in [0.3, 0.4) is 0 Å². The van der Waals surface area contributed by atoms with E-state index in [1.54, 1.807) is 12.1 Å². The van der Waals surface area contributed by atoms with Crippen LogP contribution in [0.4, 0.5) is 0 Å². The summed E-state index contributed by atoms with van der Waals surface area (Å²) in [5, 5.41) is 3.02. The van der Waals surface area contributed by atoms with Crippen LogP contribution < -0.4 is 5.43 Å². The number of piperidine rings is 1. The van der Waals surface area contributed by atoms with E-state index in [9.17, 15) is 4.79 Å². The molecule has 1 fully saturated rings. The fourth-order valence-electron chi connectivity index (χ4n) is 3.68. The molecule has 0 unspecified atom stereocenters. The van der Waals surface area contributed by atoms with Gasteiger partial charge in [0, 0.05) is 32.9 Å². The van der Waals surface area contributed by atoms with Gasteiger partial charge in [-0.2, -0.15) is 0 Å². The second kappa shape index (κ2) is 9.26. The largest absolute Gasteiger partial charge is 0.296 e. The first-order valence-corrected chi connectivity index (χ1v) is 11.6. The molecule has 156 valence electrons. The normalized spacial score (nSPS) is 14.7. The summed E-state index contributed by atoms with van der Waals surface area (Å²) in [5.74, 6) is 0.407. The molecule has 1 amide bonds. The van der Waals surface area contributed by atoms with Crippen molar-refractivity contribution >= 4 is 51.7 Å². The summed E-state index contributed by atoms with van der Waals surface area (Å²) in [6.07, 6.45) is 3.37. The van der Waals surface area contributed by atoms with E-state index in [0.29, 0.717) is 21.6 Å². The van der Waals surface area contributed by atoms with Crippen LogP contribution in [0.25, 0.3) is 17.1 Å². The zero-order chi connectivity index (χ0) is 21.3. The van der Waals surface area contributed by atoms with Crippen LogP contribution in [-0.4, -0.2) is 33.6 Å². The number of amides is 1. The maximum Gasteiger partial charge on any atom is 0.286 e. The second-order valence-electron chi connectivity index (χ2n) is 7.29. The topological polar surface area (TPSA) is 50.2 Å². The third-order valence-corrected chi connectivity index (χ3v) is 6.46. The number of nitrogens with zero attached hydrogens (tertiary/aromatic N) is 3. The summed E-state index contributed by atoms with van der Waals surface area (Å²) in [4.78, 5) is 17.8. The fraction of sp³-hybridized carbons (Fsp3) is 0.273. The average Bonchev–Trinajstić information content (AvgIpc) is 3.06. The van der Waals surface area contributed by atoms with Crippen molar-refractivity contribution in [3.63, 3.8) is 0 Å². The van der Waals surface area contributed by atoms with Crippen LogP contribution in [0.15, 0.2) is 42.5 Å². The maximum absolute atomic E-state index is 13.1. The Morgan fingerprint density at radius 2 is 1.77 bits per heavy atom. The van der Waals surface area contributed by atoms with Gasteiger partial charge in [0.25, 0.3) is 5.91 Å². The number of aromatic nitrogens is 2. The van der Waals surface area contributed by atoms with Crippen molar-refractivity contribution in [1.82, 2.24) is 20.0 Å². The molecule has 3 aromatic rings. The quantitative estimate of drug-likeness (QED) is 0.409. The van der Waals surface area contributed by atoms with Crippen molar-refractivity contribution in [1.29, 1.82) is 0 Å². The number of rotatable bonds is 4. The zero-order valence-corrected chi connectivity index (χ0v) is 20.1. The number of nitrogens with one attached hydrogen (secondary N) is 1. The molecule has 1 aliphatic rings. The maximum atomic E-state index is 13.1. The number of hydrogen-bond acceptors (Lipinski definition) is 3. The fourth-order valence-corrected chi connectivity index (χ4v) is 4.53. The van der Waals surface area contributed by atoms with E-state index >= 15 is 0 Å². The van der Waals surface area contributed by atoms with E-state index in [-0.39, 0.29) is 5.91 Å². The zero-order valence-electron chi connectivity index (χ0n) is 16.5. The first-order chi connectivity index (χ1) is 14.4. The molecule has 8 heteroatoms. The second-order valence-corrected chi connectivity index (χ2v) is 9.38. The van der Waals surface area contributed by atoms with Gasteiger partial charge in [-0.3, -0.25) is 14.8 Å². The number of benzene rings is 2. The lowest BCUT2D eigenvalue weighted by atomic mass is 10.2. The van der Waals surface area contributed by atoms with Crippen molar-refractivity contribution in [2.24, 2.45) is 0 Å². The molecule has 5 nitrogen and oxygen atoms in total. The molecular weight excluding hydrogens is 534 g/mol. The van der Waals surface area contributed by atoms with Crippen LogP contribution in [0.1, 0.15) is 35.4 Å². The molecule has 4 rings (SSSR count). The van der Waals surface area contributed by atoms with Crippen molar-refractivity contribution in [3.05, 3.63) is 67.5 Å². The van der Waals surface area contributed by atoms with Crippen LogP contribution in [0.5, 0.6) is 0 Å². The van der Waals surface area contributed by atoms with Crippen molar-refractivity contribution in [3.8, 4) is 17.1 Å². The number of hydrazine groups is 1. The standard InChI is InChI=1S/C22H21Cl2IN4O/c1-14-20(22(30)27-28-11-3-2-4-12-28)26-21(18-10-5-15(23)13-19(18)24)29(14)17-8-6-16(25)7-9-17/h5-10,13H,2-4,11-12H2,1H3,(H,27,30). The minimum absolute atomic E-state index is 0.204. The minimum Gasteiger partial charge on any atom is -0.296 e.